The molecule has 0 saturated heterocycles. The Hall–Kier alpha value is -2.85. The lowest BCUT2D eigenvalue weighted by Crippen LogP contribution is -2.29. The van der Waals surface area contributed by atoms with Crippen LogP contribution in [0, 0.1) is 18.3 Å². The van der Waals surface area contributed by atoms with Crippen LogP contribution in [-0.2, 0) is 10.0 Å². The second kappa shape index (κ2) is 7.69. The molecular weight excluding hydrogens is 470 g/mol. The minimum absolute atomic E-state index is 0.0909. The number of fused-ring (bicyclic) bond motifs is 1. The third-order valence-electron chi connectivity index (χ3n) is 4.15. The van der Waals surface area contributed by atoms with Gasteiger partial charge in [-0.15, -0.1) is 0 Å². The number of nitriles is 1. The average Bonchev–Trinajstić information content (AvgIpc) is 3.03. The largest absolute Gasteiger partial charge is 0.517 e. The Morgan fingerprint density at radius 2 is 1.71 bits per heavy atom. The van der Waals surface area contributed by atoms with Crippen LogP contribution in [0.2, 0.25) is 0 Å². The van der Waals surface area contributed by atoms with E-state index in [4.69, 9.17) is 5.26 Å². The number of nitrogens with zero attached hydrogens (tertiary/aromatic N) is 2. The summed E-state index contributed by atoms with van der Waals surface area (Å²) < 4.78 is 105. The first-order chi connectivity index (χ1) is 14.2. The predicted octanol–water partition coefficient (Wildman–Crippen LogP) is 5.73. The van der Waals surface area contributed by atoms with Gasteiger partial charge in [0, 0.05) is 11.5 Å². The van der Waals surface area contributed by atoms with Crippen LogP contribution in [-0.4, -0.2) is 23.4 Å². The van der Waals surface area contributed by atoms with Gasteiger partial charge in [0.2, 0.25) is 5.88 Å². The first-order valence-electron chi connectivity index (χ1n) is 8.15. The number of hydrogen-bond donors (Lipinski definition) is 0. The van der Waals surface area contributed by atoms with E-state index in [9.17, 15) is 34.8 Å². The smallest absolute Gasteiger partial charge is 0.397 e. The van der Waals surface area contributed by atoms with Crippen LogP contribution in [0.3, 0.4) is 0 Å². The summed E-state index contributed by atoms with van der Waals surface area (Å²) in [6, 6.07) is 11.1. The minimum Gasteiger partial charge on any atom is -0.397 e. The molecule has 0 aliphatic carbocycles. The van der Waals surface area contributed by atoms with E-state index in [-0.39, 0.29) is 9.36 Å². The number of alkyl halides is 6. The molecule has 164 valence electrons. The number of aryl methyl sites for hydroxylation is 1. The van der Waals surface area contributed by atoms with Gasteiger partial charge in [-0.2, -0.15) is 44.0 Å². The number of halogens is 6. The lowest BCUT2D eigenvalue weighted by atomic mass is 9.98. The summed E-state index contributed by atoms with van der Waals surface area (Å²) in [5.74, 6) is -1.15. The molecule has 0 N–H and O–H groups in total. The number of aromatic nitrogens is 1. The number of rotatable bonds is 4. The molecule has 5 nitrogen and oxygen atoms in total. The van der Waals surface area contributed by atoms with Crippen molar-refractivity contribution in [2.75, 3.05) is 0 Å². The molecule has 0 aliphatic heterocycles. The van der Waals surface area contributed by atoms with Crippen LogP contribution >= 0.6 is 12.0 Å². The average molecular weight is 480 g/mol. The Morgan fingerprint density at radius 1 is 1.03 bits per heavy atom. The zero-order valence-corrected chi connectivity index (χ0v) is 16.9. The van der Waals surface area contributed by atoms with Gasteiger partial charge in [0.15, 0.2) is 12.0 Å². The third kappa shape index (κ3) is 4.45. The van der Waals surface area contributed by atoms with Gasteiger partial charge in [0.05, 0.1) is 17.1 Å². The molecule has 13 heteroatoms. The topological polar surface area (TPSA) is 72.1 Å². The normalized spacial score (nSPS) is 12.7. The summed E-state index contributed by atoms with van der Waals surface area (Å²) in [4.78, 5) is 0. The lowest BCUT2D eigenvalue weighted by Gasteiger charge is -2.14. The molecule has 0 radical (unpaired) electrons. The summed E-state index contributed by atoms with van der Waals surface area (Å²) in [5, 5.41) is 8.86. The van der Waals surface area contributed by atoms with E-state index in [1.165, 1.54) is 18.2 Å². The summed E-state index contributed by atoms with van der Waals surface area (Å²) in [7, 11) is -6.08. The molecule has 1 heterocycles. The van der Waals surface area contributed by atoms with Crippen LogP contribution < -0.4 is 4.18 Å². The van der Waals surface area contributed by atoms with Crippen molar-refractivity contribution >= 4 is 33.0 Å². The molecule has 0 spiro atoms. The maximum absolute atomic E-state index is 13.1. The number of benzene rings is 2. The molecule has 0 amide bonds. The Bertz CT molecular complexity index is 1300. The van der Waals surface area contributed by atoms with Crippen LogP contribution in [0.4, 0.5) is 26.3 Å². The molecule has 0 bridgehead atoms. The van der Waals surface area contributed by atoms with Gasteiger partial charge in [0.25, 0.3) is 0 Å². The Balaban J connectivity index is 2.21. The van der Waals surface area contributed by atoms with Gasteiger partial charge in [-0.1, -0.05) is 12.1 Å². The van der Waals surface area contributed by atoms with Crippen molar-refractivity contribution in [3.8, 4) is 23.1 Å². The molecule has 0 aliphatic rings. The highest BCUT2D eigenvalue weighted by atomic mass is 32.2. The van der Waals surface area contributed by atoms with Crippen molar-refractivity contribution in [1.29, 1.82) is 5.26 Å². The standard InChI is InChI=1S/C18H10F6N2O3S2/c1-10-6-11(9-25)2-4-14(10)12-3-5-15-13(7-12)8-16(29-30-17(19,20)21)26(15)31(27,28)18(22,23)24/h2-8H,1H3. The Kier molecular flexibility index (Phi) is 5.66. The van der Waals surface area contributed by atoms with E-state index in [0.29, 0.717) is 22.3 Å². The van der Waals surface area contributed by atoms with Gasteiger partial charge < -0.3 is 4.18 Å². The number of hydrogen-bond acceptors (Lipinski definition) is 5. The fraction of sp³-hybridized carbons (Fsp3) is 0.167. The molecule has 0 unspecified atom stereocenters. The van der Waals surface area contributed by atoms with E-state index in [1.807, 2.05) is 6.07 Å². The van der Waals surface area contributed by atoms with Gasteiger partial charge in [-0.25, -0.2) is 0 Å². The van der Waals surface area contributed by atoms with Gasteiger partial charge in [-0.3, -0.25) is 0 Å². The molecular formula is C18H10F6N2O3S2. The van der Waals surface area contributed by atoms with Crippen molar-refractivity contribution in [2.24, 2.45) is 0 Å². The fourth-order valence-electron chi connectivity index (χ4n) is 2.89. The fourth-order valence-corrected chi connectivity index (χ4v) is 4.20. The molecule has 0 atom stereocenters. The van der Waals surface area contributed by atoms with Crippen LogP contribution in [0.15, 0.2) is 42.5 Å². The molecule has 1 aromatic heterocycles. The Labute approximate surface area is 176 Å². The zero-order chi connectivity index (χ0) is 23.2. The molecule has 3 aromatic rings. The van der Waals surface area contributed by atoms with Gasteiger partial charge >= 0.3 is 21.0 Å². The van der Waals surface area contributed by atoms with Crippen LogP contribution in [0.25, 0.3) is 22.0 Å². The van der Waals surface area contributed by atoms with Gasteiger partial charge in [-0.05, 0) is 47.9 Å². The maximum Gasteiger partial charge on any atom is 0.517 e. The van der Waals surface area contributed by atoms with E-state index in [2.05, 4.69) is 4.18 Å². The van der Waals surface area contributed by atoms with Crippen molar-refractivity contribution in [3.05, 3.63) is 53.6 Å². The van der Waals surface area contributed by atoms with E-state index in [0.717, 1.165) is 12.1 Å². The van der Waals surface area contributed by atoms with Crippen molar-refractivity contribution in [3.63, 3.8) is 0 Å². The van der Waals surface area contributed by atoms with E-state index in [1.54, 1.807) is 19.1 Å². The second-order valence-corrected chi connectivity index (χ2v) is 8.80. The maximum atomic E-state index is 13.1. The highest BCUT2D eigenvalue weighted by molar-refractivity contribution is 7.96. The lowest BCUT2D eigenvalue weighted by molar-refractivity contribution is -0.0446. The predicted molar refractivity (Wildman–Crippen MR) is 101 cm³/mol. The molecule has 0 fully saturated rings. The highest BCUT2D eigenvalue weighted by Gasteiger charge is 2.49. The summed E-state index contributed by atoms with van der Waals surface area (Å²) in [6.07, 6.45) is 0. The zero-order valence-electron chi connectivity index (χ0n) is 15.2. The summed E-state index contributed by atoms with van der Waals surface area (Å²) in [6.45, 7) is 1.69. The van der Waals surface area contributed by atoms with E-state index >= 15 is 0 Å². The van der Waals surface area contributed by atoms with Crippen molar-refractivity contribution in [1.82, 2.24) is 3.97 Å². The highest BCUT2D eigenvalue weighted by Crippen LogP contribution is 2.40. The molecule has 31 heavy (non-hydrogen) atoms. The SMILES string of the molecule is Cc1cc(C#N)ccc1-c1ccc2c(c1)cc(OSC(F)(F)F)n2S(=O)(=O)C(F)(F)F. The minimum atomic E-state index is -6.08. The molecule has 0 saturated carbocycles. The van der Waals surface area contributed by atoms with Gasteiger partial charge in [0.1, 0.15) is 0 Å². The summed E-state index contributed by atoms with van der Waals surface area (Å²) >= 11 is -1.13. The first kappa shape index (κ1) is 22.8. The van der Waals surface area contributed by atoms with Crippen LogP contribution in [0.5, 0.6) is 5.88 Å². The summed E-state index contributed by atoms with van der Waals surface area (Å²) in [5.41, 5.74) is -9.18. The second-order valence-electron chi connectivity index (χ2n) is 6.23. The monoisotopic (exact) mass is 480 g/mol. The Morgan fingerprint density at radius 3 is 2.26 bits per heavy atom. The van der Waals surface area contributed by atoms with Crippen molar-refractivity contribution in [2.45, 2.75) is 17.9 Å². The van der Waals surface area contributed by atoms with Crippen LogP contribution in [0.1, 0.15) is 11.1 Å². The van der Waals surface area contributed by atoms with E-state index < -0.39 is 44.5 Å². The third-order valence-corrected chi connectivity index (χ3v) is 6.03. The molecule has 2 aromatic carbocycles. The first-order valence-corrected chi connectivity index (χ1v) is 10.3. The van der Waals surface area contributed by atoms with Crippen molar-refractivity contribution < 1.29 is 38.9 Å². The quantitative estimate of drug-likeness (QED) is 0.352. The molecule has 3 rings (SSSR count).